The molecule has 0 radical (unpaired) electrons. The van der Waals surface area contributed by atoms with Crippen molar-refractivity contribution in [1.29, 1.82) is 0 Å². The van der Waals surface area contributed by atoms with Crippen molar-refractivity contribution in [3.8, 4) is 0 Å². The number of carbonyl (C=O) groups excluding carboxylic acids is 1. The van der Waals surface area contributed by atoms with Crippen molar-refractivity contribution in [3.63, 3.8) is 0 Å². The number of aliphatic hydroxyl groups excluding tert-OH is 1. The average molecular weight is 226 g/mol. The van der Waals surface area contributed by atoms with E-state index in [4.69, 9.17) is 5.11 Å². The number of rotatable bonds is 3. The average Bonchev–Trinajstić information content (AvgIpc) is 2.25. The van der Waals surface area contributed by atoms with Crippen LogP contribution >= 0.6 is 0 Å². The van der Waals surface area contributed by atoms with Crippen LogP contribution in [0.15, 0.2) is 0 Å². The summed E-state index contributed by atoms with van der Waals surface area (Å²) in [5.41, 5.74) is 0. The summed E-state index contributed by atoms with van der Waals surface area (Å²) in [6.07, 6.45) is 2.09. The number of piperidine rings is 1. The maximum atomic E-state index is 12.2. The molecule has 2 saturated heterocycles. The Morgan fingerprint density at radius 1 is 1.56 bits per heavy atom. The van der Waals surface area contributed by atoms with Crippen LogP contribution in [-0.4, -0.2) is 48.7 Å². The molecule has 0 spiro atoms. The van der Waals surface area contributed by atoms with Gasteiger partial charge < -0.3 is 15.3 Å². The highest BCUT2D eigenvalue weighted by molar-refractivity contribution is 5.79. The maximum Gasteiger partial charge on any atom is 0.225 e. The Morgan fingerprint density at radius 2 is 2.31 bits per heavy atom. The van der Waals surface area contributed by atoms with Crippen LogP contribution in [0.2, 0.25) is 0 Å². The highest BCUT2D eigenvalue weighted by Gasteiger charge is 2.33. The van der Waals surface area contributed by atoms with Gasteiger partial charge in [-0.3, -0.25) is 4.79 Å². The molecule has 1 amide bonds. The van der Waals surface area contributed by atoms with Crippen LogP contribution in [0.4, 0.5) is 0 Å². The van der Waals surface area contributed by atoms with Gasteiger partial charge in [0, 0.05) is 25.6 Å². The molecule has 0 aromatic carbocycles. The van der Waals surface area contributed by atoms with E-state index in [2.05, 4.69) is 5.32 Å². The van der Waals surface area contributed by atoms with Gasteiger partial charge >= 0.3 is 0 Å². The zero-order valence-corrected chi connectivity index (χ0v) is 9.98. The lowest BCUT2D eigenvalue weighted by molar-refractivity contribution is -0.139. The van der Waals surface area contributed by atoms with Crippen molar-refractivity contribution in [1.82, 2.24) is 10.2 Å². The van der Waals surface area contributed by atoms with Crippen LogP contribution in [0.1, 0.15) is 19.8 Å². The van der Waals surface area contributed by atoms with Gasteiger partial charge in [0.1, 0.15) is 0 Å². The predicted octanol–water partition coefficient (Wildman–Crippen LogP) is 0.0728. The number of nitrogens with zero attached hydrogens (tertiary/aromatic N) is 1. The third-order valence-electron chi connectivity index (χ3n) is 4.00. The monoisotopic (exact) mass is 226 g/mol. The molecule has 0 aromatic heterocycles. The standard InChI is InChI=1S/C12H22N2O2/c1-9(11-5-13-6-11)12(16)14-4-2-3-10(7-14)8-15/h9-11,13,15H,2-8H2,1H3. The predicted molar refractivity (Wildman–Crippen MR) is 61.9 cm³/mol. The molecule has 2 aliphatic rings. The quantitative estimate of drug-likeness (QED) is 0.716. The Bertz CT molecular complexity index is 253. The number of hydrogen-bond donors (Lipinski definition) is 2. The van der Waals surface area contributed by atoms with Crippen molar-refractivity contribution >= 4 is 5.91 Å². The molecule has 2 atom stereocenters. The molecular weight excluding hydrogens is 204 g/mol. The van der Waals surface area contributed by atoms with Crippen molar-refractivity contribution < 1.29 is 9.90 Å². The van der Waals surface area contributed by atoms with E-state index in [0.29, 0.717) is 11.8 Å². The van der Waals surface area contributed by atoms with E-state index >= 15 is 0 Å². The fraction of sp³-hybridized carbons (Fsp3) is 0.917. The molecule has 0 saturated carbocycles. The lowest BCUT2D eigenvalue weighted by Gasteiger charge is -2.38. The summed E-state index contributed by atoms with van der Waals surface area (Å²) in [7, 11) is 0. The number of aliphatic hydroxyl groups is 1. The van der Waals surface area contributed by atoms with Crippen LogP contribution in [0.5, 0.6) is 0 Å². The van der Waals surface area contributed by atoms with Gasteiger partial charge in [0.2, 0.25) is 5.91 Å². The Balaban J connectivity index is 1.87. The molecule has 2 N–H and O–H groups in total. The van der Waals surface area contributed by atoms with E-state index in [-0.39, 0.29) is 18.4 Å². The van der Waals surface area contributed by atoms with Crippen LogP contribution in [0.25, 0.3) is 0 Å². The molecule has 0 aromatic rings. The zero-order chi connectivity index (χ0) is 11.5. The largest absolute Gasteiger partial charge is 0.396 e. The smallest absolute Gasteiger partial charge is 0.225 e. The fourth-order valence-corrected chi connectivity index (χ4v) is 2.57. The first-order valence-corrected chi connectivity index (χ1v) is 6.32. The summed E-state index contributed by atoms with van der Waals surface area (Å²) in [5.74, 6) is 1.23. The van der Waals surface area contributed by atoms with Crippen LogP contribution in [-0.2, 0) is 4.79 Å². The molecule has 0 bridgehead atoms. The van der Waals surface area contributed by atoms with Gasteiger partial charge in [-0.05, 0) is 37.8 Å². The van der Waals surface area contributed by atoms with Crippen LogP contribution < -0.4 is 5.32 Å². The van der Waals surface area contributed by atoms with E-state index in [1.807, 2.05) is 11.8 Å². The normalized spacial score (nSPS) is 28.6. The van der Waals surface area contributed by atoms with Crippen molar-refractivity contribution in [2.75, 3.05) is 32.8 Å². The number of carbonyl (C=O) groups is 1. The van der Waals surface area contributed by atoms with Gasteiger partial charge in [-0.15, -0.1) is 0 Å². The van der Waals surface area contributed by atoms with Crippen molar-refractivity contribution in [2.24, 2.45) is 17.8 Å². The molecule has 0 aliphatic carbocycles. The van der Waals surface area contributed by atoms with E-state index in [1.165, 1.54) is 0 Å². The van der Waals surface area contributed by atoms with Gasteiger partial charge in [-0.1, -0.05) is 6.92 Å². The molecule has 2 unspecified atom stereocenters. The third kappa shape index (κ3) is 2.38. The van der Waals surface area contributed by atoms with Gasteiger partial charge in [-0.2, -0.15) is 0 Å². The number of amides is 1. The summed E-state index contributed by atoms with van der Waals surface area (Å²) in [6.45, 7) is 5.83. The number of nitrogens with one attached hydrogen (secondary N) is 1. The van der Waals surface area contributed by atoms with Gasteiger partial charge in [0.25, 0.3) is 0 Å². The van der Waals surface area contributed by atoms with Crippen molar-refractivity contribution in [2.45, 2.75) is 19.8 Å². The first kappa shape index (κ1) is 11.9. The Kier molecular flexibility index (Phi) is 3.82. The second-order valence-corrected chi connectivity index (χ2v) is 5.18. The Labute approximate surface area is 97.0 Å². The Morgan fingerprint density at radius 3 is 2.88 bits per heavy atom. The molecule has 2 fully saturated rings. The topological polar surface area (TPSA) is 52.6 Å². The fourth-order valence-electron chi connectivity index (χ4n) is 2.57. The summed E-state index contributed by atoms with van der Waals surface area (Å²) in [4.78, 5) is 14.2. The van der Waals surface area contributed by atoms with Gasteiger partial charge in [-0.25, -0.2) is 0 Å². The summed E-state index contributed by atoms with van der Waals surface area (Å²) in [5, 5.41) is 12.4. The second kappa shape index (κ2) is 5.15. The van der Waals surface area contributed by atoms with Crippen LogP contribution in [0.3, 0.4) is 0 Å². The number of likely N-dealkylation sites (tertiary alicyclic amines) is 1. The third-order valence-corrected chi connectivity index (χ3v) is 4.00. The summed E-state index contributed by atoms with van der Waals surface area (Å²) < 4.78 is 0. The molecular formula is C12H22N2O2. The molecule has 16 heavy (non-hydrogen) atoms. The highest BCUT2D eigenvalue weighted by Crippen LogP contribution is 2.22. The SMILES string of the molecule is CC(C(=O)N1CCCC(CO)C1)C1CNC1. The molecule has 92 valence electrons. The first-order valence-electron chi connectivity index (χ1n) is 6.32. The Hall–Kier alpha value is -0.610. The lowest BCUT2D eigenvalue weighted by Crippen LogP contribution is -2.52. The van der Waals surface area contributed by atoms with Crippen molar-refractivity contribution in [3.05, 3.63) is 0 Å². The van der Waals surface area contributed by atoms with E-state index < -0.39 is 0 Å². The molecule has 2 heterocycles. The first-order chi connectivity index (χ1) is 7.72. The summed E-state index contributed by atoms with van der Waals surface area (Å²) >= 11 is 0. The van der Waals surface area contributed by atoms with Crippen LogP contribution in [0, 0.1) is 17.8 Å². The minimum Gasteiger partial charge on any atom is -0.396 e. The molecule has 2 aliphatic heterocycles. The minimum atomic E-state index is 0.138. The zero-order valence-electron chi connectivity index (χ0n) is 9.98. The minimum absolute atomic E-state index is 0.138. The van der Waals surface area contributed by atoms with Gasteiger partial charge in [0.05, 0.1) is 0 Å². The maximum absolute atomic E-state index is 12.2. The highest BCUT2D eigenvalue weighted by atomic mass is 16.3. The van der Waals surface area contributed by atoms with Gasteiger partial charge in [0.15, 0.2) is 0 Å². The number of hydrogen-bond acceptors (Lipinski definition) is 3. The van der Waals surface area contributed by atoms with E-state index in [0.717, 1.165) is 39.0 Å². The summed E-state index contributed by atoms with van der Waals surface area (Å²) in [6, 6.07) is 0. The van der Waals surface area contributed by atoms with E-state index in [9.17, 15) is 4.79 Å². The van der Waals surface area contributed by atoms with E-state index in [1.54, 1.807) is 0 Å². The second-order valence-electron chi connectivity index (χ2n) is 5.18. The molecule has 4 heteroatoms. The molecule has 4 nitrogen and oxygen atoms in total. The molecule has 2 rings (SSSR count). The lowest BCUT2D eigenvalue weighted by atomic mass is 9.87.